The first-order valence-corrected chi connectivity index (χ1v) is 9.25. The maximum Gasteiger partial charge on any atom is 0.164 e. The zero-order valence-corrected chi connectivity index (χ0v) is 16.3. The van der Waals surface area contributed by atoms with Crippen molar-refractivity contribution in [2.24, 2.45) is 0 Å². The van der Waals surface area contributed by atoms with Crippen LogP contribution in [0.2, 0.25) is 0 Å². The topological polar surface area (TPSA) is 30.5 Å². The fourth-order valence-electron chi connectivity index (χ4n) is 3.05. The molecule has 23 heavy (non-hydrogen) atoms. The molecule has 0 fully saturated rings. The first kappa shape index (κ1) is 16.8. The van der Waals surface area contributed by atoms with E-state index in [1.165, 1.54) is 16.7 Å². The number of methoxy groups -OCH3 is 1. The molecule has 1 heterocycles. The van der Waals surface area contributed by atoms with Crippen molar-refractivity contribution in [1.82, 2.24) is 5.32 Å². The molecule has 0 saturated carbocycles. The van der Waals surface area contributed by atoms with Gasteiger partial charge in [0.25, 0.3) is 0 Å². The number of rotatable bonds is 4. The van der Waals surface area contributed by atoms with Crippen molar-refractivity contribution in [3.63, 3.8) is 0 Å². The Bertz CT molecular complexity index is 718. The second kappa shape index (κ2) is 7.24. The average Bonchev–Trinajstić information content (AvgIpc) is 2.57. The van der Waals surface area contributed by atoms with Gasteiger partial charge in [0.2, 0.25) is 0 Å². The molecule has 5 heteroatoms. The highest BCUT2D eigenvalue weighted by atomic mass is 79.9. The van der Waals surface area contributed by atoms with Gasteiger partial charge in [-0.15, -0.1) is 0 Å². The highest BCUT2D eigenvalue weighted by molar-refractivity contribution is 9.13. The molecule has 0 radical (unpaired) electrons. The van der Waals surface area contributed by atoms with Gasteiger partial charge in [0.05, 0.1) is 19.8 Å². The Morgan fingerprint density at radius 2 is 2.00 bits per heavy atom. The quantitative estimate of drug-likeness (QED) is 0.736. The Balaban J connectivity index is 2.08. The van der Waals surface area contributed by atoms with Crippen molar-refractivity contribution in [3.8, 4) is 11.5 Å². The predicted octanol–water partition coefficient (Wildman–Crippen LogP) is 4.85. The van der Waals surface area contributed by atoms with E-state index in [2.05, 4.69) is 61.4 Å². The molecule has 1 aliphatic rings. The molecule has 0 spiro atoms. The van der Waals surface area contributed by atoms with Gasteiger partial charge in [0.15, 0.2) is 11.5 Å². The van der Waals surface area contributed by atoms with E-state index in [4.69, 9.17) is 9.47 Å². The molecule has 0 aromatic heterocycles. The van der Waals surface area contributed by atoms with Crippen LogP contribution in [0.25, 0.3) is 0 Å². The van der Waals surface area contributed by atoms with Crippen molar-refractivity contribution >= 4 is 31.9 Å². The third kappa shape index (κ3) is 3.28. The highest BCUT2D eigenvalue weighted by Gasteiger charge is 2.26. The molecule has 2 aromatic rings. The first-order valence-electron chi connectivity index (χ1n) is 7.66. The molecule has 3 rings (SSSR count). The van der Waals surface area contributed by atoms with E-state index >= 15 is 0 Å². The molecule has 0 amide bonds. The lowest BCUT2D eigenvalue weighted by Gasteiger charge is -2.29. The number of benzene rings is 2. The maximum absolute atomic E-state index is 5.88. The molecule has 2 aromatic carbocycles. The normalized spacial score (nSPS) is 16.8. The van der Waals surface area contributed by atoms with Crippen molar-refractivity contribution < 1.29 is 9.47 Å². The average molecular weight is 441 g/mol. The van der Waals surface area contributed by atoms with Gasteiger partial charge in [0.1, 0.15) is 0 Å². The summed E-state index contributed by atoms with van der Waals surface area (Å²) in [4.78, 5) is 0. The third-order valence-electron chi connectivity index (χ3n) is 4.08. The Kier molecular flexibility index (Phi) is 5.29. The van der Waals surface area contributed by atoms with Gasteiger partial charge in [-0.2, -0.15) is 0 Å². The van der Waals surface area contributed by atoms with Crippen LogP contribution in [0.15, 0.2) is 39.3 Å². The smallest absolute Gasteiger partial charge is 0.164 e. The van der Waals surface area contributed by atoms with Gasteiger partial charge >= 0.3 is 0 Å². The predicted molar refractivity (Wildman–Crippen MR) is 99.6 cm³/mol. The second-order valence-electron chi connectivity index (χ2n) is 5.41. The van der Waals surface area contributed by atoms with Crippen molar-refractivity contribution in [1.29, 1.82) is 0 Å². The van der Waals surface area contributed by atoms with Crippen LogP contribution in [0.4, 0.5) is 0 Å². The molecule has 0 saturated heterocycles. The minimum atomic E-state index is 0.160. The summed E-state index contributed by atoms with van der Waals surface area (Å²) in [6, 6.07) is 10.7. The van der Waals surface area contributed by atoms with Crippen LogP contribution in [0, 0.1) is 0 Å². The zero-order chi connectivity index (χ0) is 16.4. The summed E-state index contributed by atoms with van der Waals surface area (Å²) in [5.41, 5.74) is 3.73. The summed E-state index contributed by atoms with van der Waals surface area (Å²) in [5, 5.41) is 3.61. The standard InChI is InChI=1S/C18H19Br2NO2/c1-3-23-18-13-8-9-21-17(12(13)5-7-16(18)22-2)11-4-6-14(19)15(20)10-11/h4-7,10,17,21H,3,8-9H2,1-2H3. The van der Waals surface area contributed by atoms with Crippen LogP contribution >= 0.6 is 31.9 Å². The van der Waals surface area contributed by atoms with Crippen LogP contribution in [-0.4, -0.2) is 20.3 Å². The zero-order valence-electron chi connectivity index (χ0n) is 13.2. The molecule has 1 atom stereocenters. The van der Waals surface area contributed by atoms with Crippen LogP contribution in [0.1, 0.15) is 29.7 Å². The van der Waals surface area contributed by atoms with Gasteiger partial charge in [0, 0.05) is 21.1 Å². The van der Waals surface area contributed by atoms with E-state index in [9.17, 15) is 0 Å². The van der Waals surface area contributed by atoms with Gasteiger partial charge in [-0.1, -0.05) is 12.1 Å². The van der Waals surface area contributed by atoms with E-state index in [1.807, 2.05) is 13.0 Å². The van der Waals surface area contributed by atoms with E-state index in [0.717, 1.165) is 33.4 Å². The highest BCUT2D eigenvalue weighted by Crippen LogP contribution is 2.40. The summed E-state index contributed by atoms with van der Waals surface area (Å²) in [7, 11) is 1.69. The molecular formula is C18H19Br2NO2. The summed E-state index contributed by atoms with van der Waals surface area (Å²) >= 11 is 7.13. The van der Waals surface area contributed by atoms with E-state index in [-0.39, 0.29) is 6.04 Å². The number of ether oxygens (including phenoxy) is 2. The van der Waals surface area contributed by atoms with Crippen LogP contribution in [0.5, 0.6) is 11.5 Å². The van der Waals surface area contributed by atoms with Crippen molar-refractivity contribution in [2.45, 2.75) is 19.4 Å². The molecular weight excluding hydrogens is 422 g/mol. The largest absolute Gasteiger partial charge is 0.493 e. The summed E-state index contributed by atoms with van der Waals surface area (Å²) in [5.74, 6) is 1.69. The molecule has 122 valence electrons. The minimum absolute atomic E-state index is 0.160. The van der Waals surface area contributed by atoms with Gasteiger partial charge in [-0.3, -0.25) is 0 Å². The second-order valence-corrected chi connectivity index (χ2v) is 7.12. The van der Waals surface area contributed by atoms with Gasteiger partial charge in [-0.05, 0) is 74.5 Å². The lowest BCUT2D eigenvalue weighted by Crippen LogP contribution is -2.31. The van der Waals surface area contributed by atoms with Gasteiger partial charge < -0.3 is 14.8 Å². The maximum atomic E-state index is 5.88. The van der Waals surface area contributed by atoms with E-state index in [0.29, 0.717) is 6.61 Å². The number of hydrogen-bond donors (Lipinski definition) is 1. The Morgan fingerprint density at radius 1 is 1.17 bits per heavy atom. The fraction of sp³-hybridized carbons (Fsp3) is 0.333. The molecule has 0 bridgehead atoms. The van der Waals surface area contributed by atoms with Gasteiger partial charge in [-0.25, -0.2) is 0 Å². The van der Waals surface area contributed by atoms with Crippen LogP contribution < -0.4 is 14.8 Å². The number of halogens is 2. The number of hydrogen-bond acceptors (Lipinski definition) is 3. The first-order chi connectivity index (χ1) is 11.2. The number of nitrogens with one attached hydrogen (secondary N) is 1. The summed E-state index contributed by atoms with van der Waals surface area (Å²) in [6.07, 6.45) is 0.941. The fourth-order valence-corrected chi connectivity index (χ4v) is 3.70. The van der Waals surface area contributed by atoms with Crippen molar-refractivity contribution in [3.05, 3.63) is 56.0 Å². The molecule has 3 nitrogen and oxygen atoms in total. The summed E-state index contributed by atoms with van der Waals surface area (Å²) < 4.78 is 13.5. The Hall–Kier alpha value is -1.04. The summed E-state index contributed by atoms with van der Waals surface area (Å²) in [6.45, 7) is 3.55. The lowest BCUT2D eigenvalue weighted by atomic mass is 9.89. The Morgan fingerprint density at radius 3 is 2.70 bits per heavy atom. The molecule has 1 N–H and O–H groups in total. The SMILES string of the molecule is CCOc1c(OC)ccc2c1CCNC2c1ccc(Br)c(Br)c1. The third-order valence-corrected chi connectivity index (χ3v) is 5.96. The molecule has 1 aliphatic heterocycles. The van der Waals surface area contributed by atoms with Crippen LogP contribution in [0.3, 0.4) is 0 Å². The lowest BCUT2D eigenvalue weighted by molar-refractivity contribution is 0.305. The van der Waals surface area contributed by atoms with Crippen molar-refractivity contribution in [2.75, 3.05) is 20.3 Å². The minimum Gasteiger partial charge on any atom is -0.493 e. The number of fused-ring (bicyclic) bond motifs is 1. The van der Waals surface area contributed by atoms with E-state index in [1.54, 1.807) is 7.11 Å². The Labute approximate surface area is 153 Å². The molecule has 1 unspecified atom stereocenters. The monoisotopic (exact) mass is 439 g/mol. The van der Waals surface area contributed by atoms with E-state index < -0.39 is 0 Å². The van der Waals surface area contributed by atoms with Crippen LogP contribution in [-0.2, 0) is 6.42 Å². The molecule has 0 aliphatic carbocycles.